The van der Waals surface area contributed by atoms with Gasteiger partial charge < -0.3 is 9.84 Å². The zero-order valence-corrected chi connectivity index (χ0v) is 13.6. The van der Waals surface area contributed by atoms with Gasteiger partial charge in [-0.1, -0.05) is 0 Å². The quantitative estimate of drug-likeness (QED) is 0.842. The van der Waals surface area contributed by atoms with Crippen molar-refractivity contribution in [3.8, 4) is 5.75 Å². The first-order chi connectivity index (χ1) is 10.3. The molecule has 0 unspecified atom stereocenters. The Morgan fingerprint density at radius 1 is 1.36 bits per heavy atom. The van der Waals surface area contributed by atoms with E-state index >= 15 is 0 Å². The predicted molar refractivity (Wildman–Crippen MR) is 84.4 cm³/mol. The summed E-state index contributed by atoms with van der Waals surface area (Å²) >= 11 is 0.865. The van der Waals surface area contributed by atoms with Gasteiger partial charge in [0.05, 0.1) is 17.9 Å². The number of anilines is 1. The van der Waals surface area contributed by atoms with E-state index in [4.69, 9.17) is 9.84 Å². The molecule has 0 aliphatic heterocycles. The summed E-state index contributed by atoms with van der Waals surface area (Å²) in [7, 11) is -3.81. The highest BCUT2D eigenvalue weighted by Crippen LogP contribution is 2.26. The predicted octanol–water partition coefficient (Wildman–Crippen LogP) is 2.95. The highest BCUT2D eigenvalue weighted by Gasteiger charge is 2.19. The van der Waals surface area contributed by atoms with E-state index in [1.807, 2.05) is 6.92 Å². The summed E-state index contributed by atoms with van der Waals surface area (Å²) in [5, 5.41) is 10.1. The van der Waals surface area contributed by atoms with Gasteiger partial charge >= 0.3 is 5.97 Å². The maximum Gasteiger partial charge on any atom is 0.336 e. The summed E-state index contributed by atoms with van der Waals surface area (Å²) in [6.45, 7) is 4.15. The lowest BCUT2D eigenvalue weighted by Gasteiger charge is -2.11. The highest BCUT2D eigenvalue weighted by atomic mass is 32.2. The lowest BCUT2D eigenvalue weighted by molar-refractivity contribution is 0.0697. The Labute approximate surface area is 132 Å². The number of hydrogen-bond acceptors (Lipinski definition) is 5. The number of thiophene rings is 1. The zero-order valence-electron chi connectivity index (χ0n) is 12.0. The Bertz CT molecular complexity index is 795. The molecular formula is C14H15NO5S2. The molecule has 1 aromatic heterocycles. The van der Waals surface area contributed by atoms with Crippen molar-refractivity contribution in [1.29, 1.82) is 0 Å². The first-order valence-electron chi connectivity index (χ1n) is 6.41. The van der Waals surface area contributed by atoms with Crippen molar-refractivity contribution in [2.75, 3.05) is 11.3 Å². The summed E-state index contributed by atoms with van der Waals surface area (Å²) in [4.78, 5) is 10.8. The minimum Gasteiger partial charge on any atom is -0.494 e. The zero-order chi connectivity index (χ0) is 16.3. The number of carboxylic acid groups (broad SMARTS) is 1. The average Bonchev–Trinajstić information content (AvgIpc) is 2.93. The number of benzene rings is 1. The maximum atomic E-state index is 12.3. The van der Waals surface area contributed by atoms with Crippen LogP contribution >= 0.6 is 11.3 Å². The molecule has 22 heavy (non-hydrogen) atoms. The van der Waals surface area contributed by atoms with Crippen molar-refractivity contribution in [3.63, 3.8) is 0 Å². The van der Waals surface area contributed by atoms with Gasteiger partial charge in [0.25, 0.3) is 10.0 Å². The van der Waals surface area contributed by atoms with Gasteiger partial charge in [0.15, 0.2) is 0 Å². The lowest BCUT2D eigenvalue weighted by atomic mass is 10.2. The standard InChI is InChI=1S/C14H15NO5S2/c1-3-20-11-4-5-12(9(2)6-11)15-22(18,19)13-7-10(8-21-13)14(16)17/h4-8,15H,3H2,1-2H3,(H,16,17). The molecular weight excluding hydrogens is 326 g/mol. The fourth-order valence-corrected chi connectivity index (χ4v) is 4.06. The van der Waals surface area contributed by atoms with Gasteiger partial charge in [0.2, 0.25) is 0 Å². The van der Waals surface area contributed by atoms with Crippen molar-refractivity contribution in [1.82, 2.24) is 0 Å². The van der Waals surface area contributed by atoms with E-state index in [9.17, 15) is 13.2 Å². The molecule has 1 heterocycles. The smallest absolute Gasteiger partial charge is 0.336 e. The third-order valence-electron chi connectivity index (χ3n) is 2.84. The molecule has 6 nitrogen and oxygen atoms in total. The Morgan fingerprint density at radius 3 is 2.64 bits per heavy atom. The first-order valence-corrected chi connectivity index (χ1v) is 8.78. The van der Waals surface area contributed by atoms with E-state index in [0.717, 1.165) is 17.4 Å². The van der Waals surface area contributed by atoms with Crippen molar-refractivity contribution in [3.05, 3.63) is 40.8 Å². The number of aromatic carboxylic acids is 1. The molecule has 2 N–H and O–H groups in total. The minimum atomic E-state index is -3.81. The van der Waals surface area contributed by atoms with Gasteiger partial charge in [0.1, 0.15) is 9.96 Å². The molecule has 2 rings (SSSR count). The molecule has 118 valence electrons. The van der Waals surface area contributed by atoms with Gasteiger partial charge in [-0.15, -0.1) is 11.3 Å². The minimum absolute atomic E-state index is 0.0433. The fourth-order valence-electron chi connectivity index (χ4n) is 1.77. The van der Waals surface area contributed by atoms with Gasteiger partial charge in [-0.05, 0) is 43.7 Å². The Kier molecular flexibility index (Phi) is 4.72. The van der Waals surface area contributed by atoms with Crippen LogP contribution in [-0.4, -0.2) is 26.1 Å². The highest BCUT2D eigenvalue weighted by molar-refractivity contribution is 7.94. The van der Waals surface area contributed by atoms with E-state index in [1.165, 1.54) is 5.38 Å². The number of hydrogen-bond donors (Lipinski definition) is 2. The molecule has 0 saturated heterocycles. The van der Waals surface area contributed by atoms with Crippen molar-refractivity contribution < 1.29 is 23.1 Å². The van der Waals surface area contributed by atoms with Crippen LogP contribution in [0.25, 0.3) is 0 Å². The van der Waals surface area contributed by atoms with E-state index in [-0.39, 0.29) is 9.77 Å². The molecule has 0 bridgehead atoms. The van der Waals surface area contributed by atoms with Crippen LogP contribution in [0.2, 0.25) is 0 Å². The van der Waals surface area contributed by atoms with Crippen LogP contribution in [0.4, 0.5) is 5.69 Å². The second-order valence-corrected chi connectivity index (χ2v) is 7.30. The Balaban J connectivity index is 2.26. The van der Waals surface area contributed by atoms with Crippen molar-refractivity contribution >= 4 is 33.0 Å². The summed E-state index contributed by atoms with van der Waals surface area (Å²) in [5.41, 5.74) is 1.09. The number of carbonyl (C=O) groups is 1. The molecule has 0 aliphatic rings. The molecule has 0 atom stereocenters. The topological polar surface area (TPSA) is 92.7 Å². The second-order valence-electron chi connectivity index (χ2n) is 4.47. The van der Waals surface area contributed by atoms with Crippen molar-refractivity contribution in [2.24, 2.45) is 0 Å². The fraction of sp³-hybridized carbons (Fsp3) is 0.214. The number of nitrogens with one attached hydrogen (secondary N) is 1. The van der Waals surface area contributed by atoms with Gasteiger partial charge in [0, 0.05) is 5.38 Å². The first kappa shape index (κ1) is 16.3. The van der Waals surface area contributed by atoms with E-state index in [0.29, 0.717) is 23.6 Å². The van der Waals surface area contributed by atoms with Gasteiger partial charge in [-0.25, -0.2) is 13.2 Å². The maximum absolute atomic E-state index is 12.3. The molecule has 0 fully saturated rings. The van der Waals surface area contributed by atoms with Gasteiger partial charge in [-0.2, -0.15) is 0 Å². The summed E-state index contributed by atoms with van der Waals surface area (Å²) < 4.78 is 32.3. The largest absolute Gasteiger partial charge is 0.494 e. The summed E-state index contributed by atoms with van der Waals surface area (Å²) in [5.74, 6) is -0.498. The van der Waals surface area contributed by atoms with Crippen molar-refractivity contribution in [2.45, 2.75) is 18.1 Å². The third-order valence-corrected chi connectivity index (χ3v) is 5.65. The second kappa shape index (κ2) is 6.37. The van der Waals surface area contributed by atoms with Crippen LogP contribution in [0.1, 0.15) is 22.8 Å². The number of ether oxygens (including phenoxy) is 1. The van der Waals surface area contributed by atoms with E-state index in [2.05, 4.69) is 4.72 Å². The summed E-state index contributed by atoms with van der Waals surface area (Å²) in [6, 6.07) is 6.16. The van der Waals surface area contributed by atoms with Crippen LogP contribution < -0.4 is 9.46 Å². The van der Waals surface area contributed by atoms with Crippen LogP contribution in [-0.2, 0) is 10.0 Å². The number of sulfonamides is 1. The molecule has 0 radical (unpaired) electrons. The number of aryl methyl sites for hydroxylation is 1. The van der Waals surface area contributed by atoms with Crippen LogP contribution in [0, 0.1) is 6.92 Å². The molecule has 2 aromatic rings. The molecule has 0 aliphatic carbocycles. The molecule has 0 saturated carbocycles. The van der Waals surface area contributed by atoms with E-state index in [1.54, 1.807) is 25.1 Å². The normalized spacial score (nSPS) is 11.2. The molecule has 8 heteroatoms. The molecule has 1 aromatic carbocycles. The van der Waals surface area contributed by atoms with Crippen LogP contribution in [0.15, 0.2) is 33.9 Å². The molecule has 0 spiro atoms. The van der Waals surface area contributed by atoms with Crippen LogP contribution in [0.3, 0.4) is 0 Å². The Morgan fingerprint density at radius 2 is 2.09 bits per heavy atom. The Hall–Kier alpha value is -2.06. The van der Waals surface area contributed by atoms with E-state index < -0.39 is 16.0 Å². The number of carboxylic acids is 1. The SMILES string of the molecule is CCOc1ccc(NS(=O)(=O)c2cc(C(=O)O)cs2)c(C)c1. The average molecular weight is 341 g/mol. The number of rotatable bonds is 6. The lowest BCUT2D eigenvalue weighted by Crippen LogP contribution is -2.12. The third kappa shape index (κ3) is 3.58. The monoisotopic (exact) mass is 341 g/mol. The van der Waals surface area contributed by atoms with Gasteiger partial charge in [-0.3, -0.25) is 4.72 Å². The summed E-state index contributed by atoms with van der Waals surface area (Å²) in [6.07, 6.45) is 0. The molecule has 0 amide bonds. The van der Waals surface area contributed by atoms with Crippen LogP contribution in [0.5, 0.6) is 5.75 Å².